The number of fused-ring (bicyclic) bond motifs is 1. The Hall–Kier alpha value is -3.35. The van der Waals surface area contributed by atoms with Crippen LogP contribution < -0.4 is 16.0 Å². The van der Waals surface area contributed by atoms with E-state index in [0.717, 1.165) is 36.4 Å². The quantitative estimate of drug-likeness (QED) is 0.662. The Morgan fingerprint density at radius 2 is 1.85 bits per heavy atom. The van der Waals surface area contributed by atoms with Crippen molar-refractivity contribution in [1.29, 1.82) is 0 Å². The molecule has 0 spiro atoms. The molecule has 1 aliphatic heterocycles. The van der Waals surface area contributed by atoms with Gasteiger partial charge in [-0.1, -0.05) is 0 Å². The maximum Gasteiger partial charge on any atom is 0.256 e. The van der Waals surface area contributed by atoms with Gasteiger partial charge in [0, 0.05) is 31.3 Å². The van der Waals surface area contributed by atoms with Gasteiger partial charge >= 0.3 is 0 Å². The predicted molar refractivity (Wildman–Crippen MR) is 105 cm³/mol. The molecule has 3 N–H and O–H groups in total. The highest BCUT2D eigenvalue weighted by molar-refractivity contribution is 6.06. The number of nitrogens with zero attached hydrogens (tertiary/aromatic N) is 2. The number of imidazole rings is 1. The molecule has 0 saturated heterocycles. The number of halogens is 1. The Labute approximate surface area is 156 Å². The van der Waals surface area contributed by atoms with Crippen LogP contribution in [0.25, 0.3) is 11.3 Å². The van der Waals surface area contributed by atoms with E-state index in [2.05, 4.69) is 20.9 Å². The van der Waals surface area contributed by atoms with Crippen LogP contribution >= 0.6 is 0 Å². The first-order valence-corrected chi connectivity index (χ1v) is 8.82. The summed E-state index contributed by atoms with van der Waals surface area (Å²) in [6.07, 6.45) is 2.64. The van der Waals surface area contributed by atoms with Gasteiger partial charge in [-0.2, -0.15) is 0 Å². The molecule has 0 radical (unpaired) electrons. The molecule has 138 valence electrons. The fourth-order valence-electron chi connectivity index (χ4n) is 3.10. The highest BCUT2D eigenvalue weighted by Gasteiger charge is 2.17. The minimum Gasteiger partial charge on any atom is -0.383 e. The maximum absolute atomic E-state index is 13.2. The average molecular weight is 365 g/mol. The molecule has 27 heavy (non-hydrogen) atoms. The van der Waals surface area contributed by atoms with Crippen molar-refractivity contribution in [3.8, 4) is 11.3 Å². The SMILES string of the molecule is Cn1cnc(-c2ccc(F)cc2)c1NC(=O)c1ccc2c(c1)NCCCN2. The van der Waals surface area contributed by atoms with E-state index in [1.54, 1.807) is 36.1 Å². The van der Waals surface area contributed by atoms with E-state index in [9.17, 15) is 9.18 Å². The van der Waals surface area contributed by atoms with Gasteiger partial charge in [0.05, 0.1) is 17.7 Å². The normalized spacial score (nSPS) is 13.1. The summed E-state index contributed by atoms with van der Waals surface area (Å²) in [4.78, 5) is 17.2. The van der Waals surface area contributed by atoms with Gasteiger partial charge < -0.3 is 20.5 Å². The molecule has 3 aromatic rings. The number of anilines is 3. The van der Waals surface area contributed by atoms with Crippen LogP contribution in [0.3, 0.4) is 0 Å². The lowest BCUT2D eigenvalue weighted by Crippen LogP contribution is -2.15. The number of nitrogens with one attached hydrogen (secondary N) is 3. The van der Waals surface area contributed by atoms with E-state index >= 15 is 0 Å². The molecule has 0 fully saturated rings. The highest BCUT2D eigenvalue weighted by Crippen LogP contribution is 2.28. The van der Waals surface area contributed by atoms with Crippen LogP contribution in [-0.4, -0.2) is 28.5 Å². The fraction of sp³-hybridized carbons (Fsp3) is 0.200. The van der Waals surface area contributed by atoms with Gasteiger partial charge in [-0.3, -0.25) is 4.79 Å². The molecule has 0 atom stereocenters. The Morgan fingerprint density at radius 3 is 2.63 bits per heavy atom. The van der Waals surface area contributed by atoms with Crippen molar-refractivity contribution < 1.29 is 9.18 Å². The molecule has 0 saturated carbocycles. The summed E-state index contributed by atoms with van der Waals surface area (Å²) in [7, 11) is 1.80. The predicted octanol–water partition coefficient (Wildman–Crippen LogP) is 3.71. The number of benzene rings is 2. The lowest BCUT2D eigenvalue weighted by Gasteiger charge is -2.12. The molecule has 0 bridgehead atoms. The molecule has 6 nitrogen and oxygen atoms in total. The number of aryl methyl sites for hydroxylation is 1. The third-order valence-corrected chi connectivity index (χ3v) is 4.55. The largest absolute Gasteiger partial charge is 0.383 e. The van der Waals surface area contributed by atoms with Crippen LogP contribution in [0, 0.1) is 5.82 Å². The smallest absolute Gasteiger partial charge is 0.256 e. The number of carbonyl (C=O) groups excluding carboxylic acids is 1. The molecular formula is C20H20FN5O. The van der Waals surface area contributed by atoms with Gasteiger partial charge in [0.1, 0.15) is 17.3 Å². The standard InChI is InChI=1S/C20H20FN5O/c1-26-12-24-18(13-3-6-15(21)7-4-13)19(26)25-20(27)14-5-8-16-17(11-14)23-10-2-9-22-16/h3-8,11-12,22-23H,2,9-10H2,1H3,(H,25,27). The fourth-order valence-corrected chi connectivity index (χ4v) is 3.10. The topological polar surface area (TPSA) is 71.0 Å². The second kappa shape index (κ2) is 7.11. The lowest BCUT2D eigenvalue weighted by molar-refractivity contribution is 0.102. The Kier molecular flexibility index (Phi) is 4.50. The lowest BCUT2D eigenvalue weighted by atomic mass is 10.1. The average Bonchev–Trinajstić information content (AvgIpc) is 2.89. The summed E-state index contributed by atoms with van der Waals surface area (Å²) in [5.41, 5.74) is 3.80. The molecule has 2 heterocycles. The maximum atomic E-state index is 13.2. The van der Waals surface area contributed by atoms with Gasteiger partial charge in [-0.25, -0.2) is 9.37 Å². The summed E-state index contributed by atoms with van der Waals surface area (Å²) in [5.74, 6) is 0.0230. The molecule has 2 aromatic carbocycles. The first-order chi connectivity index (χ1) is 13.1. The molecule has 1 aliphatic rings. The monoisotopic (exact) mass is 365 g/mol. The van der Waals surface area contributed by atoms with Crippen molar-refractivity contribution in [2.75, 3.05) is 29.0 Å². The first-order valence-electron chi connectivity index (χ1n) is 8.82. The van der Waals surface area contributed by atoms with Crippen molar-refractivity contribution in [3.63, 3.8) is 0 Å². The summed E-state index contributed by atoms with van der Waals surface area (Å²) in [5, 5.41) is 9.61. The molecule has 1 amide bonds. The van der Waals surface area contributed by atoms with Crippen LogP contribution in [-0.2, 0) is 7.05 Å². The second-order valence-electron chi connectivity index (χ2n) is 6.48. The third kappa shape index (κ3) is 3.48. The molecule has 7 heteroatoms. The van der Waals surface area contributed by atoms with Crippen LogP contribution in [0.1, 0.15) is 16.8 Å². The molecular weight excluding hydrogens is 345 g/mol. The summed E-state index contributed by atoms with van der Waals surface area (Å²) in [6.45, 7) is 1.77. The molecule has 4 rings (SSSR count). The minimum atomic E-state index is -0.314. The van der Waals surface area contributed by atoms with Gasteiger partial charge in [0.2, 0.25) is 0 Å². The summed E-state index contributed by atoms with van der Waals surface area (Å²) < 4.78 is 14.9. The van der Waals surface area contributed by atoms with E-state index in [-0.39, 0.29) is 11.7 Å². The number of hydrogen-bond donors (Lipinski definition) is 3. The number of aromatic nitrogens is 2. The van der Waals surface area contributed by atoms with Crippen molar-refractivity contribution >= 4 is 23.1 Å². The number of amides is 1. The van der Waals surface area contributed by atoms with Gasteiger partial charge in [0.25, 0.3) is 5.91 Å². The van der Waals surface area contributed by atoms with Crippen molar-refractivity contribution in [2.24, 2.45) is 7.05 Å². The van der Waals surface area contributed by atoms with Gasteiger partial charge in [0.15, 0.2) is 0 Å². The minimum absolute atomic E-state index is 0.226. The number of hydrogen-bond acceptors (Lipinski definition) is 4. The Bertz CT molecular complexity index is 981. The highest BCUT2D eigenvalue weighted by atomic mass is 19.1. The third-order valence-electron chi connectivity index (χ3n) is 4.55. The first kappa shape index (κ1) is 17.1. The Morgan fingerprint density at radius 1 is 1.11 bits per heavy atom. The number of rotatable bonds is 3. The van der Waals surface area contributed by atoms with E-state index in [1.807, 2.05) is 12.1 Å². The zero-order chi connectivity index (χ0) is 18.8. The summed E-state index contributed by atoms with van der Waals surface area (Å²) >= 11 is 0. The van der Waals surface area contributed by atoms with Gasteiger partial charge in [-0.15, -0.1) is 0 Å². The molecule has 0 unspecified atom stereocenters. The van der Waals surface area contributed by atoms with Gasteiger partial charge in [-0.05, 0) is 48.9 Å². The van der Waals surface area contributed by atoms with E-state index in [1.165, 1.54) is 12.1 Å². The Balaban J connectivity index is 1.61. The second-order valence-corrected chi connectivity index (χ2v) is 6.48. The van der Waals surface area contributed by atoms with Crippen LogP contribution in [0.15, 0.2) is 48.8 Å². The van der Waals surface area contributed by atoms with E-state index in [4.69, 9.17) is 0 Å². The van der Waals surface area contributed by atoms with Crippen molar-refractivity contribution in [3.05, 3.63) is 60.2 Å². The van der Waals surface area contributed by atoms with Crippen molar-refractivity contribution in [1.82, 2.24) is 9.55 Å². The van der Waals surface area contributed by atoms with Crippen LogP contribution in [0.5, 0.6) is 0 Å². The zero-order valence-electron chi connectivity index (χ0n) is 14.9. The van der Waals surface area contributed by atoms with Crippen molar-refractivity contribution in [2.45, 2.75) is 6.42 Å². The van der Waals surface area contributed by atoms with E-state index in [0.29, 0.717) is 17.1 Å². The summed E-state index contributed by atoms with van der Waals surface area (Å²) in [6, 6.07) is 11.6. The van der Waals surface area contributed by atoms with Crippen LogP contribution in [0.4, 0.5) is 21.6 Å². The van der Waals surface area contributed by atoms with E-state index < -0.39 is 0 Å². The number of carbonyl (C=O) groups is 1. The molecule has 0 aliphatic carbocycles. The van der Waals surface area contributed by atoms with Crippen LogP contribution in [0.2, 0.25) is 0 Å². The zero-order valence-corrected chi connectivity index (χ0v) is 14.9. The molecule has 1 aromatic heterocycles.